The van der Waals surface area contributed by atoms with Crippen molar-refractivity contribution < 1.29 is 14.3 Å². The summed E-state index contributed by atoms with van der Waals surface area (Å²) in [4.78, 5) is 24.0. The standard InChI is InChI=1S/C15H16N4O3S/c1-3-4-11-7-12(19-18-11)15(21)22-9(2)13(20)17-14-10(8-16)5-6-23-14/h5-7,9H,3-4H2,1-2H3,(H,17,20)(H,18,19)/t9-/m0/s1. The molecule has 0 bridgehead atoms. The van der Waals surface area contributed by atoms with Gasteiger partial charge in [-0.05, 0) is 30.9 Å². The van der Waals surface area contributed by atoms with Gasteiger partial charge in [-0.2, -0.15) is 10.4 Å². The fourth-order valence-electron chi connectivity index (χ4n) is 1.85. The zero-order valence-corrected chi connectivity index (χ0v) is 13.6. The van der Waals surface area contributed by atoms with E-state index in [4.69, 9.17) is 10.00 Å². The molecule has 0 spiro atoms. The van der Waals surface area contributed by atoms with Crippen LogP contribution in [0.2, 0.25) is 0 Å². The number of hydrogen-bond donors (Lipinski definition) is 2. The van der Waals surface area contributed by atoms with Gasteiger partial charge in [0.1, 0.15) is 11.1 Å². The lowest BCUT2D eigenvalue weighted by Crippen LogP contribution is -2.30. The molecule has 0 aromatic carbocycles. The summed E-state index contributed by atoms with van der Waals surface area (Å²) in [5.41, 5.74) is 1.36. The van der Waals surface area contributed by atoms with Crippen LogP contribution in [0.3, 0.4) is 0 Å². The van der Waals surface area contributed by atoms with Gasteiger partial charge < -0.3 is 10.1 Å². The minimum absolute atomic E-state index is 0.141. The topological polar surface area (TPSA) is 108 Å². The van der Waals surface area contributed by atoms with Crippen LogP contribution in [-0.2, 0) is 16.0 Å². The normalized spacial score (nSPS) is 11.5. The number of amides is 1. The molecule has 2 rings (SSSR count). The number of aryl methyl sites for hydroxylation is 1. The van der Waals surface area contributed by atoms with Crippen molar-refractivity contribution in [1.29, 1.82) is 5.26 Å². The van der Waals surface area contributed by atoms with Gasteiger partial charge in [-0.25, -0.2) is 4.79 Å². The maximum atomic E-state index is 12.0. The van der Waals surface area contributed by atoms with E-state index in [2.05, 4.69) is 15.5 Å². The Bertz CT molecular complexity index is 744. The van der Waals surface area contributed by atoms with Crippen molar-refractivity contribution in [3.05, 3.63) is 34.5 Å². The van der Waals surface area contributed by atoms with E-state index in [-0.39, 0.29) is 5.69 Å². The fraction of sp³-hybridized carbons (Fsp3) is 0.333. The van der Waals surface area contributed by atoms with Crippen LogP contribution >= 0.6 is 11.3 Å². The van der Waals surface area contributed by atoms with Crippen molar-refractivity contribution in [1.82, 2.24) is 10.2 Å². The molecule has 0 aliphatic heterocycles. The second-order valence-corrected chi connectivity index (χ2v) is 5.76. The Hall–Kier alpha value is -2.66. The summed E-state index contributed by atoms with van der Waals surface area (Å²) in [7, 11) is 0. The van der Waals surface area contributed by atoms with Gasteiger partial charge in [0.15, 0.2) is 11.8 Å². The molecule has 0 aliphatic rings. The maximum absolute atomic E-state index is 12.0. The highest BCUT2D eigenvalue weighted by molar-refractivity contribution is 7.14. The van der Waals surface area contributed by atoms with Crippen LogP contribution in [0, 0.1) is 11.3 Å². The molecule has 0 saturated heterocycles. The number of rotatable bonds is 6. The number of aromatic nitrogens is 2. The summed E-state index contributed by atoms with van der Waals surface area (Å²) in [6, 6.07) is 5.20. The molecule has 8 heteroatoms. The second-order valence-electron chi connectivity index (χ2n) is 4.84. The number of nitriles is 1. The zero-order valence-electron chi connectivity index (χ0n) is 12.8. The van der Waals surface area contributed by atoms with Gasteiger partial charge in [-0.1, -0.05) is 13.3 Å². The van der Waals surface area contributed by atoms with E-state index in [1.165, 1.54) is 18.3 Å². The lowest BCUT2D eigenvalue weighted by atomic mass is 10.2. The van der Waals surface area contributed by atoms with Gasteiger partial charge in [-0.15, -0.1) is 11.3 Å². The molecule has 0 aliphatic carbocycles. The minimum atomic E-state index is -0.998. The molecule has 23 heavy (non-hydrogen) atoms. The largest absolute Gasteiger partial charge is 0.448 e. The highest BCUT2D eigenvalue weighted by Gasteiger charge is 2.21. The van der Waals surface area contributed by atoms with Crippen LogP contribution in [0.1, 0.15) is 42.0 Å². The molecule has 0 radical (unpaired) electrons. The summed E-state index contributed by atoms with van der Waals surface area (Å²) in [5.74, 6) is -1.17. The van der Waals surface area contributed by atoms with Crippen LogP contribution in [0.25, 0.3) is 0 Å². The number of H-pyrrole nitrogens is 1. The predicted octanol–water partition coefficient (Wildman–Crippen LogP) is 2.48. The van der Waals surface area contributed by atoms with E-state index >= 15 is 0 Å². The SMILES string of the molecule is CCCc1cc(C(=O)O[C@@H](C)C(=O)Nc2sccc2C#N)n[nH]1. The molecule has 0 unspecified atom stereocenters. The Labute approximate surface area is 137 Å². The van der Waals surface area contributed by atoms with E-state index in [0.29, 0.717) is 10.6 Å². The molecular weight excluding hydrogens is 316 g/mol. The number of nitrogens with zero attached hydrogens (tertiary/aromatic N) is 2. The van der Waals surface area contributed by atoms with Gasteiger partial charge in [0.25, 0.3) is 5.91 Å². The van der Waals surface area contributed by atoms with Crippen molar-refractivity contribution in [3.63, 3.8) is 0 Å². The molecule has 7 nitrogen and oxygen atoms in total. The highest BCUT2D eigenvalue weighted by Crippen LogP contribution is 2.22. The number of hydrogen-bond acceptors (Lipinski definition) is 6. The first-order valence-corrected chi connectivity index (χ1v) is 7.96. The first-order valence-electron chi connectivity index (χ1n) is 7.08. The quantitative estimate of drug-likeness (QED) is 0.790. The lowest BCUT2D eigenvalue weighted by molar-refractivity contribution is -0.123. The summed E-state index contributed by atoms with van der Waals surface area (Å²) in [6.07, 6.45) is 0.714. The first-order chi connectivity index (χ1) is 11.0. The number of anilines is 1. The van der Waals surface area contributed by atoms with Crippen LogP contribution in [0.4, 0.5) is 5.00 Å². The molecule has 1 atom stereocenters. The molecule has 2 heterocycles. The van der Waals surface area contributed by atoms with E-state index < -0.39 is 18.0 Å². The third-order valence-corrected chi connectivity index (χ3v) is 3.86. The van der Waals surface area contributed by atoms with Gasteiger partial charge in [0.2, 0.25) is 0 Å². The van der Waals surface area contributed by atoms with Crippen molar-refractivity contribution in [3.8, 4) is 6.07 Å². The Morgan fingerprint density at radius 2 is 2.35 bits per heavy atom. The number of esters is 1. The third kappa shape index (κ3) is 4.17. The maximum Gasteiger partial charge on any atom is 0.359 e. The van der Waals surface area contributed by atoms with Crippen LogP contribution in [0.15, 0.2) is 17.5 Å². The number of carbonyl (C=O) groups is 2. The first kappa shape index (κ1) is 16.7. The molecule has 120 valence electrons. The molecule has 0 saturated carbocycles. The van der Waals surface area contributed by atoms with Crippen LogP contribution < -0.4 is 5.32 Å². The van der Waals surface area contributed by atoms with Gasteiger partial charge in [-0.3, -0.25) is 9.89 Å². The van der Waals surface area contributed by atoms with Crippen molar-refractivity contribution in [2.45, 2.75) is 32.8 Å². The highest BCUT2D eigenvalue weighted by atomic mass is 32.1. The molecule has 0 fully saturated rings. The smallest absolute Gasteiger partial charge is 0.359 e. The van der Waals surface area contributed by atoms with Crippen molar-refractivity contribution in [2.24, 2.45) is 0 Å². The second kappa shape index (κ2) is 7.56. The van der Waals surface area contributed by atoms with Gasteiger partial charge >= 0.3 is 5.97 Å². The average Bonchev–Trinajstić information content (AvgIpc) is 3.16. The predicted molar refractivity (Wildman–Crippen MR) is 85.1 cm³/mol. The number of nitrogens with one attached hydrogen (secondary N) is 2. The van der Waals surface area contributed by atoms with Crippen LogP contribution in [0.5, 0.6) is 0 Å². The Balaban J connectivity index is 1.94. The number of aromatic amines is 1. The van der Waals surface area contributed by atoms with Gasteiger partial charge in [0.05, 0.1) is 5.56 Å². The summed E-state index contributed by atoms with van der Waals surface area (Å²) in [5, 5.41) is 20.2. The number of ether oxygens (including phenoxy) is 1. The van der Waals surface area contributed by atoms with E-state index in [0.717, 1.165) is 18.5 Å². The minimum Gasteiger partial charge on any atom is -0.448 e. The molecule has 1 amide bonds. The monoisotopic (exact) mass is 332 g/mol. The Morgan fingerprint density at radius 1 is 1.57 bits per heavy atom. The number of carbonyl (C=O) groups excluding carboxylic acids is 2. The summed E-state index contributed by atoms with van der Waals surface area (Å²) >= 11 is 1.23. The van der Waals surface area contributed by atoms with Crippen LogP contribution in [-0.4, -0.2) is 28.2 Å². The Kier molecular flexibility index (Phi) is 5.49. The van der Waals surface area contributed by atoms with Crippen molar-refractivity contribution in [2.75, 3.05) is 5.32 Å². The zero-order chi connectivity index (χ0) is 16.8. The van der Waals surface area contributed by atoms with Crippen molar-refractivity contribution >= 4 is 28.2 Å². The molecule has 2 aromatic rings. The fourth-order valence-corrected chi connectivity index (χ4v) is 2.59. The summed E-state index contributed by atoms with van der Waals surface area (Å²) in [6.45, 7) is 3.48. The third-order valence-electron chi connectivity index (χ3n) is 3.03. The molecular formula is C15H16N4O3S. The molecule has 2 aromatic heterocycles. The lowest BCUT2D eigenvalue weighted by Gasteiger charge is -2.11. The van der Waals surface area contributed by atoms with Gasteiger partial charge in [0, 0.05) is 5.69 Å². The Morgan fingerprint density at radius 3 is 3.04 bits per heavy atom. The van der Waals surface area contributed by atoms with E-state index in [9.17, 15) is 9.59 Å². The van der Waals surface area contributed by atoms with E-state index in [1.54, 1.807) is 17.5 Å². The summed E-state index contributed by atoms with van der Waals surface area (Å²) < 4.78 is 5.10. The average molecular weight is 332 g/mol. The number of thiophene rings is 1. The van der Waals surface area contributed by atoms with E-state index in [1.807, 2.05) is 13.0 Å². The molecule has 2 N–H and O–H groups in total.